The number of hydrogen-bond donors (Lipinski definition) is 0. The number of amides is 2. The van der Waals surface area contributed by atoms with Crippen molar-refractivity contribution >= 4 is 40.0 Å². The van der Waals surface area contributed by atoms with Crippen LogP contribution in [0.25, 0.3) is 0 Å². The molecule has 28 heavy (non-hydrogen) atoms. The molecule has 1 heterocycles. The van der Waals surface area contributed by atoms with Crippen LogP contribution < -0.4 is 4.90 Å². The minimum absolute atomic E-state index is 0.0501. The van der Waals surface area contributed by atoms with Gasteiger partial charge in [-0.05, 0) is 37.5 Å². The van der Waals surface area contributed by atoms with Crippen LogP contribution in [0.4, 0.5) is 9.52 Å². The summed E-state index contributed by atoms with van der Waals surface area (Å²) in [6.07, 6.45) is 2.42. The lowest BCUT2D eigenvalue weighted by Gasteiger charge is -2.20. The molecule has 0 N–H and O–H groups in total. The van der Waals surface area contributed by atoms with Crippen molar-refractivity contribution in [3.63, 3.8) is 0 Å². The average Bonchev–Trinajstić information content (AvgIpc) is 3.39. The molecule has 1 aromatic carbocycles. The largest absolute Gasteiger partial charge is 0.340 e. The number of carbonyl (C=O) groups excluding carboxylic acids is 2. The number of halogens is 1. The van der Waals surface area contributed by atoms with Crippen molar-refractivity contribution < 1.29 is 14.0 Å². The lowest BCUT2D eigenvalue weighted by atomic mass is 10.2. The van der Waals surface area contributed by atoms with Crippen molar-refractivity contribution in [2.45, 2.75) is 55.3 Å². The van der Waals surface area contributed by atoms with Crippen LogP contribution in [0.5, 0.6) is 0 Å². The molecule has 2 aromatic rings. The third kappa shape index (κ3) is 5.08. The van der Waals surface area contributed by atoms with E-state index in [1.165, 1.54) is 35.2 Å². The quantitative estimate of drug-likeness (QED) is 0.479. The molecule has 1 fully saturated rings. The van der Waals surface area contributed by atoms with Gasteiger partial charge in [0.2, 0.25) is 16.9 Å². The smallest absolute Gasteiger partial charge is 0.235 e. The normalized spacial score (nSPS) is 14.6. The molecule has 0 spiro atoms. The maximum absolute atomic E-state index is 13.3. The molecule has 1 aliphatic rings. The fourth-order valence-corrected chi connectivity index (χ4v) is 5.01. The monoisotopic (exact) mass is 422 g/mol. The van der Waals surface area contributed by atoms with E-state index in [9.17, 15) is 14.0 Å². The van der Waals surface area contributed by atoms with E-state index >= 15 is 0 Å². The number of benzene rings is 1. The first kappa shape index (κ1) is 20.7. The summed E-state index contributed by atoms with van der Waals surface area (Å²) in [6.45, 7) is 3.99. The zero-order valence-electron chi connectivity index (χ0n) is 16.1. The van der Waals surface area contributed by atoms with Crippen LogP contribution in [-0.4, -0.2) is 45.3 Å². The van der Waals surface area contributed by atoms with Crippen molar-refractivity contribution in [3.05, 3.63) is 35.6 Å². The number of nitrogens with zero attached hydrogens (tertiary/aromatic N) is 4. The Hall–Kier alpha value is -2.00. The molecule has 0 bridgehead atoms. The number of thioether (sulfide) groups is 1. The molecule has 6 nitrogen and oxygen atoms in total. The Balaban J connectivity index is 1.61. The highest BCUT2D eigenvalue weighted by Gasteiger charge is 2.35. The zero-order valence-corrected chi connectivity index (χ0v) is 17.7. The van der Waals surface area contributed by atoms with Crippen molar-refractivity contribution in [1.82, 2.24) is 15.1 Å². The highest BCUT2D eigenvalue weighted by molar-refractivity contribution is 8.02. The Bertz CT molecular complexity index is 856. The van der Waals surface area contributed by atoms with Gasteiger partial charge in [0.15, 0.2) is 4.34 Å². The summed E-state index contributed by atoms with van der Waals surface area (Å²) in [4.78, 5) is 28.2. The van der Waals surface area contributed by atoms with Crippen LogP contribution >= 0.6 is 23.1 Å². The van der Waals surface area contributed by atoms with Gasteiger partial charge in [0.25, 0.3) is 0 Å². The number of carbonyl (C=O) groups is 2. The van der Waals surface area contributed by atoms with Crippen LogP contribution in [0, 0.1) is 5.82 Å². The molecule has 0 radical (unpaired) electrons. The fraction of sp³-hybridized carbons (Fsp3) is 0.474. The van der Waals surface area contributed by atoms with Crippen LogP contribution in [0.2, 0.25) is 0 Å². The van der Waals surface area contributed by atoms with Crippen molar-refractivity contribution in [2.24, 2.45) is 0 Å². The second kappa shape index (κ2) is 9.00. The van der Waals surface area contributed by atoms with Gasteiger partial charge in [-0.1, -0.05) is 42.2 Å². The molecule has 1 aliphatic carbocycles. The molecule has 3 rings (SSSR count). The van der Waals surface area contributed by atoms with Gasteiger partial charge in [-0.15, -0.1) is 10.2 Å². The van der Waals surface area contributed by atoms with Crippen LogP contribution in [0.1, 0.15) is 38.7 Å². The Morgan fingerprint density at radius 3 is 2.75 bits per heavy atom. The van der Waals surface area contributed by atoms with E-state index in [2.05, 4.69) is 10.2 Å². The molecule has 2 amide bonds. The van der Waals surface area contributed by atoms with E-state index in [0.717, 1.165) is 18.4 Å². The van der Waals surface area contributed by atoms with Crippen LogP contribution in [-0.2, 0) is 16.1 Å². The highest BCUT2D eigenvalue weighted by Crippen LogP contribution is 2.37. The van der Waals surface area contributed by atoms with Gasteiger partial charge in [-0.3, -0.25) is 14.5 Å². The first-order valence-electron chi connectivity index (χ1n) is 9.20. The third-order valence-electron chi connectivity index (χ3n) is 4.40. The molecule has 150 valence electrons. The Morgan fingerprint density at radius 1 is 1.36 bits per heavy atom. The van der Waals surface area contributed by atoms with Crippen molar-refractivity contribution in [1.29, 1.82) is 0 Å². The second-order valence-electron chi connectivity index (χ2n) is 6.78. The van der Waals surface area contributed by atoms with Gasteiger partial charge >= 0.3 is 0 Å². The molecule has 0 aliphatic heterocycles. The first-order chi connectivity index (χ1) is 13.4. The van der Waals surface area contributed by atoms with E-state index in [1.807, 2.05) is 13.8 Å². The molecule has 9 heteroatoms. The molecule has 0 saturated heterocycles. The van der Waals surface area contributed by atoms with E-state index in [-0.39, 0.29) is 28.9 Å². The summed E-state index contributed by atoms with van der Waals surface area (Å²) in [7, 11) is 1.70. The van der Waals surface area contributed by atoms with Crippen molar-refractivity contribution in [3.8, 4) is 0 Å². The topological polar surface area (TPSA) is 66.4 Å². The molecule has 1 unspecified atom stereocenters. The number of aromatic nitrogens is 2. The summed E-state index contributed by atoms with van der Waals surface area (Å²) in [5.74, 6) is -0.340. The summed E-state index contributed by atoms with van der Waals surface area (Å²) in [6, 6.07) is 6.46. The van der Waals surface area contributed by atoms with E-state index in [1.54, 1.807) is 29.0 Å². The molecule has 1 aromatic heterocycles. The number of hydrogen-bond acceptors (Lipinski definition) is 6. The van der Waals surface area contributed by atoms with Gasteiger partial charge < -0.3 is 4.90 Å². The predicted molar refractivity (Wildman–Crippen MR) is 109 cm³/mol. The first-order valence-corrected chi connectivity index (χ1v) is 10.9. The van der Waals surface area contributed by atoms with Crippen molar-refractivity contribution in [2.75, 3.05) is 11.9 Å². The predicted octanol–water partition coefficient (Wildman–Crippen LogP) is 3.72. The lowest BCUT2D eigenvalue weighted by molar-refractivity contribution is -0.129. The van der Waals surface area contributed by atoms with Gasteiger partial charge in [0.05, 0.1) is 5.25 Å². The Kier molecular flexibility index (Phi) is 6.66. The second-order valence-corrected chi connectivity index (χ2v) is 9.33. The highest BCUT2D eigenvalue weighted by atomic mass is 32.2. The molecule has 1 atom stereocenters. The summed E-state index contributed by atoms with van der Waals surface area (Å²) in [5, 5.41) is 8.56. The lowest BCUT2D eigenvalue weighted by Crippen LogP contribution is -2.32. The number of rotatable bonds is 8. The SMILES string of the molecule is CCC(=O)N(c1nnc(SC(C)C(=O)N(C)Cc2cccc(F)c2)s1)C1CC1. The standard InChI is InChI=1S/C19H23FN4O2S2/c1-4-16(25)24(15-8-9-15)18-21-22-19(28-18)27-12(2)17(26)23(3)11-13-6-5-7-14(20)10-13/h5-7,10,12,15H,4,8-9,11H2,1-3H3. The van der Waals surface area contributed by atoms with Crippen LogP contribution in [0.15, 0.2) is 28.6 Å². The van der Waals surface area contributed by atoms with Gasteiger partial charge in [0.1, 0.15) is 5.82 Å². The van der Waals surface area contributed by atoms with E-state index < -0.39 is 0 Å². The van der Waals surface area contributed by atoms with Gasteiger partial charge in [-0.25, -0.2) is 4.39 Å². The number of anilines is 1. The molecule has 1 saturated carbocycles. The van der Waals surface area contributed by atoms with E-state index in [0.29, 0.717) is 22.4 Å². The summed E-state index contributed by atoms with van der Waals surface area (Å²) < 4.78 is 14.0. The summed E-state index contributed by atoms with van der Waals surface area (Å²) >= 11 is 2.67. The summed E-state index contributed by atoms with van der Waals surface area (Å²) in [5.41, 5.74) is 0.740. The van der Waals surface area contributed by atoms with E-state index in [4.69, 9.17) is 0 Å². The molecular weight excluding hydrogens is 399 g/mol. The molecular formula is C19H23FN4O2S2. The minimum atomic E-state index is -0.365. The van der Waals surface area contributed by atoms with Crippen LogP contribution in [0.3, 0.4) is 0 Å². The maximum Gasteiger partial charge on any atom is 0.235 e. The third-order valence-corrected chi connectivity index (χ3v) is 6.49. The average molecular weight is 423 g/mol. The maximum atomic E-state index is 13.3. The Labute approximate surface area is 172 Å². The van der Waals surface area contributed by atoms with Gasteiger partial charge in [0, 0.05) is 26.1 Å². The zero-order chi connectivity index (χ0) is 20.3. The Morgan fingerprint density at radius 2 is 2.11 bits per heavy atom. The fourth-order valence-electron chi connectivity index (χ4n) is 2.82. The minimum Gasteiger partial charge on any atom is -0.340 e. The van der Waals surface area contributed by atoms with Gasteiger partial charge in [-0.2, -0.15) is 0 Å².